The van der Waals surface area contributed by atoms with Crippen molar-refractivity contribution in [3.63, 3.8) is 0 Å². The van der Waals surface area contributed by atoms with E-state index in [9.17, 15) is 9.90 Å². The Labute approximate surface area is 124 Å². The summed E-state index contributed by atoms with van der Waals surface area (Å²) in [4.78, 5) is 13.7. The molecule has 2 aromatic carbocycles. The van der Waals surface area contributed by atoms with Crippen molar-refractivity contribution < 1.29 is 9.90 Å². The molecule has 3 heteroatoms. The van der Waals surface area contributed by atoms with Crippen LogP contribution in [0.25, 0.3) is 0 Å². The molecule has 0 saturated carbocycles. The number of nitrogens with zero attached hydrogens (tertiary/aromatic N) is 1. The van der Waals surface area contributed by atoms with Gasteiger partial charge in [-0.25, -0.2) is 4.79 Å². The summed E-state index contributed by atoms with van der Waals surface area (Å²) in [6.45, 7) is 3.73. The minimum Gasteiger partial charge on any atom is -0.478 e. The molecule has 21 heavy (non-hydrogen) atoms. The predicted octanol–water partition coefficient (Wildman–Crippen LogP) is 3.30. The minimum absolute atomic E-state index is 0.395. The number of aromatic carboxylic acids is 1. The van der Waals surface area contributed by atoms with Gasteiger partial charge in [0.25, 0.3) is 0 Å². The smallest absolute Gasteiger partial charge is 0.337 e. The number of aryl methyl sites for hydroxylation is 1. The van der Waals surface area contributed by atoms with Crippen molar-refractivity contribution in [3.8, 4) is 0 Å². The van der Waals surface area contributed by atoms with Crippen LogP contribution in [-0.2, 0) is 12.8 Å². The Kier molecular flexibility index (Phi) is 3.65. The van der Waals surface area contributed by atoms with Gasteiger partial charge in [0.1, 0.15) is 0 Å². The Hall–Kier alpha value is -2.29. The third kappa shape index (κ3) is 2.77. The van der Waals surface area contributed by atoms with Gasteiger partial charge < -0.3 is 10.0 Å². The molecule has 0 spiro atoms. The van der Waals surface area contributed by atoms with Crippen molar-refractivity contribution >= 4 is 11.7 Å². The number of carbonyl (C=O) groups is 1. The normalized spacial score (nSPS) is 14.4. The van der Waals surface area contributed by atoms with Gasteiger partial charge in [-0.05, 0) is 48.6 Å². The molecule has 3 nitrogen and oxygen atoms in total. The first-order chi connectivity index (χ1) is 10.1. The second-order valence-corrected chi connectivity index (χ2v) is 5.58. The molecule has 1 heterocycles. The van der Waals surface area contributed by atoms with Crippen LogP contribution in [0.2, 0.25) is 0 Å². The Balaban J connectivity index is 1.93. The fourth-order valence-corrected chi connectivity index (χ4v) is 2.99. The summed E-state index contributed by atoms with van der Waals surface area (Å²) in [6, 6.07) is 14.1. The second kappa shape index (κ2) is 5.60. The zero-order valence-electron chi connectivity index (χ0n) is 12.2. The fraction of sp³-hybridized carbons (Fsp3) is 0.278. The summed E-state index contributed by atoms with van der Waals surface area (Å²) in [5, 5.41) is 9.40. The molecule has 1 aliphatic rings. The van der Waals surface area contributed by atoms with E-state index in [-0.39, 0.29) is 0 Å². The SMILES string of the molecule is Cc1ccc(C(=O)O)c(N2CCc3ccccc3CC2)c1. The molecule has 0 aliphatic carbocycles. The van der Waals surface area contributed by atoms with Crippen molar-refractivity contribution in [2.75, 3.05) is 18.0 Å². The Bertz CT molecular complexity index is 652. The number of anilines is 1. The first kappa shape index (κ1) is 13.7. The molecule has 1 N–H and O–H groups in total. The van der Waals surface area contributed by atoms with Crippen LogP contribution < -0.4 is 4.90 Å². The molecule has 0 radical (unpaired) electrons. The van der Waals surface area contributed by atoms with Crippen LogP contribution in [0.3, 0.4) is 0 Å². The Morgan fingerprint density at radius 2 is 1.67 bits per heavy atom. The van der Waals surface area contributed by atoms with Crippen LogP contribution in [0.15, 0.2) is 42.5 Å². The number of hydrogen-bond acceptors (Lipinski definition) is 2. The van der Waals surface area contributed by atoms with E-state index in [1.165, 1.54) is 11.1 Å². The highest BCUT2D eigenvalue weighted by atomic mass is 16.4. The monoisotopic (exact) mass is 281 g/mol. The summed E-state index contributed by atoms with van der Waals surface area (Å²) < 4.78 is 0. The zero-order valence-corrected chi connectivity index (χ0v) is 12.2. The molecular formula is C18H19NO2. The third-order valence-electron chi connectivity index (χ3n) is 4.14. The number of hydrogen-bond donors (Lipinski definition) is 1. The van der Waals surface area contributed by atoms with Gasteiger partial charge in [0, 0.05) is 13.1 Å². The Morgan fingerprint density at radius 3 is 2.24 bits per heavy atom. The van der Waals surface area contributed by atoms with Crippen molar-refractivity contribution in [2.24, 2.45) is 0 Å². The third-order valence-corrected chi connectivity index (χ3v) is 4.14. The van der Waals surface area contributed by atoms with Crippen LogP contribution in [0.5, 0.6) is 0 Å². The summed E-state index contributed by atoms with van der Waals surface area (Å²) in [6.07, 6.45) is 1.92. The summed E-state index contributed by atoms with van der Waals surface area (Å²) in [5.74, 6) is -0.855. The van der Waals surface area contributed by atoms with E-state index in [1.54, 1.807) is 6.07 Å². The predicted molar refractivity (Wildman–Crippen MR) is 84.2 cm³/mol. The van der Waals surface area contributed by atoms with E-state index >= 15 is 0 Å². The Morgan fingerprint density at radius 1 is 1.05 bits per heavy atom. The highest BCUT2D eigenvalue weighted by molar-refractivity contribution is 5.94. The molecule has 3 rings (SSSR count). The van der Waals surface area contributed by atoms with Gasteiger partial charge in [0.2, 0.25) is 0 Å². The van der Waals surface area contributed by atoms with Crippen LogP contribution in [-0.4, -0.2) is 24.2 Å². The summed E-state index contributed by atoms with van der Waals surface area (Å²) >= 11 is 0. The lowest BCUT2D eigenvalue weighted by molar-refractivity contribution is 0.0697. The molecule has 108 valence electrons. The zero-order chi connectivity index (χ0) is 14.8. The molecule has 0 bridgehead atoms. The molecule has 0 fully saturated rings. The van der Waals surface area contributed by atoms with E-state index in [0.717, 1.165) is 37.2 Å². The second-order valence-electron chi connectivity index (χ2n) is 5.58. The van der Waals surface area contributed by atoms with Gasteiger partial charge in [0.05, 0.1) is 11.3 Å². The van der Waals surface area contributed by atoms with Gasteiger partial charge in [-0.1, -0.05) is 30.3 Å². The molecule has 0 amide bonds. The molecule has 0 saturated heterocycles. The fourth-order valence-electron chi connectivity index (χ4n) is 2.99. The van der Waals surface area contributed by atoms with Crippen molar-refractivity contribution in [2.45, 2.75) is 19.8 Å². The maximum Gasteiger partial charge on any atom is 0.337 e. The molecule has 0 unspecified atom stereocenters. The maximum absolute atomic E-state index is 11.5. The van der Waals surface area contributed by atoms with E-state index < -0.39 is 5.97 Å². The van der Waals surface area contributed by atoms with E-state index in [1.807, 2.05) is 19.1 Å². The standard InChI is InChI=1S/C18H19NO2/c1-13-6-7-16(18(20)21)17(12-13)19-10-8-14-4-2-3-5-15(14)9-11-19/h2-7,12H,8-11H2,1H3,(H,20,21). The van der Waals surface area contributed by atoms with Gasteiger partial charge in [-0.15, -0.1) is 0 Å². The largest absolute Gasteiger partial charge is 0.478 e. The highest BCUT2D eigenvalue weighted by Gasteiger charge is 2.19. The van der Waals surface area contributed by atoms with Gasteiger partial charge >= 0.3 is 5.97 Å². The summed E-state index contributed by atoms with van der Waals surface area (Å²) in [7, 11) is 0. The number of carboxylic acids is 1. The van der Waals surface area contributed by atoms with Crippen molar-refractivity contribution in [1.82, 2.24) is 0 Å². The number of fused-ring (bicyclic) bond motifs is 1. The van der Waals surface area contributed by atoms with E-state index in [4.69, 9.17) is 0 Å². The van der Waals surface area contributed by atoms with Gasteiger partial charge in [-0.2, -0.15) is 0 Å². The van der Waals surface area contributed by atoms with Crippen molar-refractivity contribution in [1.29, 1.82) is 0 Å². The molecular weight excluding hydrogens is 262 g/mol. The van der Waals surface area contributed by atoms with Crippen LogP contribution in [0.1, 0.15) is 27.0 Å². The number of carboxylic acid groups (broad SMARTS) is 1. The first-order valence-electron chi connectivity index (χ1n) is 7.31. The van der Waals surface area contributed by atoms with Gasteiger partial charge in [0.15, 0.2) is 0 Å². The van der Waals surface area contributed by atoms with Crippen molar-refractivity contribution in [3.05, 3.63) is 64.7 Å². The van der Waals surface area contributed by atoms with Crippen LogP contribution in [0.4, 0.5) is 5.69 Å². The number of rotatable bonds is 2. The maximum atomic E-state index is 11.5. The van der Waals surface area contributed by atoms with E-state index in [2.05, 4.69) is 29.2 Å². The molecule has 0 atom stereocenters. The molecule has 2 aromatic rings. The quantitative estimate of drug-likeness (QED) is 0.918. The topological polar surface area (TPSA) is 40.5 Å². The van der Waals surface area contributed by atoms with E-state index in [0.29, 0.717) is 5.56 Å². The van der Waals surface area contributed by atoms with Crippen LogP contribution in [0, 0.1) is 6.92 Å². The lowest BCUT2D eigenvalue weighted by Crippen LogP contribution is -2.27. The average molecular weight is 281 g/mol. The minimum atomic E-state index is -0.855. The lowest BCUT2D eigenvalue weighted by atomic mass is 10.0. The summed E-state index contributed by atoms with van der Waals surface area (Å²) in [5.41, 5.74) is 5.09. The van der Waals surface area contributed by atoms with Crippen LogP contribution >= 0.6 is 0 Å². The highest BCUT2D eigenvalue weighted by Crippen LogP contribution is 2.25. The average Bonchev–Trinajstić information content (AvgIpc) is 2.69. The first-order valence-corrected chi connectivity index (χ1v) is 7.31. The lowest BCUT2D eigenvalue weighted by Gasteiger charge is -2.24. The molecule has 0 aromatic heterocycles. The molecule has 1 aliphatic heterocycles. The number of benzene rings is 2. The van der Waals surface area contributed by atoms with Gasteiger partial charge in [-0.3, -0.25) is 0 Å².